The molecule has 2 N–H and O–H groups in total. The van der Waals surface area contributed by atoms with Gasteiger partial charge >= 0.3 is 0 Å². The minimum absolute atomic E-state index is 0.0122. The maximum atomic E-state index is 14.3. The highest BCUT2D eigenvalue weighted by Crippen LogP contribution is 2.22. The summed E-state index contributed by atoms with van der Waals surface area (Å²) < 4.78 is 16.1. The molecule has 108 valence electrons. The van der Waals surface area contributed by atoms with Crippen molar-refractivity contribution in [1.82, 2.24) is 9.78 Å². The first-order chi connectivity index (χ1) is 9.56. The molecule has 0 aliphatic carbocycles. The fourth-order valence-electron chi connectivity index (χ4n) is 2.40. The van der Waals surface area contributed by atoms with Crippen LogP contribution in [0.15, 0.2) is 24.3 Å². The Balaban J connectivity index is 2.58. The van der Waals surface area contributed by atoms with Gasteiger partial charge in [0.2, 0.25) is 0 Å². The lowest BCUT2D eigenvalue weighted by molar-refractivity contribution is 0.598. The zero-order valence-corrected chi connectivity index (χ0v) is 12.4. The zero-order valence-electron chi connectivity index (χ0n) is 12.4. The smallest absolute Gasteiger partial charge is 0.149 e. The minimum atomic E-state index is -0.247. The van der Waals surface area contributed by atoms with Crippen LogP contribution < -0.4 is 5.73 Å². The van der Waals surface area contributed by atoms with Crippen molar-refractivity contribution in [2.24, 2.45) is 5.73 Å². The second-order valence-electron chi connectivity index (χ2n) is 5.17. The molecule has 4 heteroatoms. The Bertz CT molecular complexity index is 587. The predicted molar refractivity (Wildman–Crippen MR) is 79.6 cm³/mol. The van der Waals surface area contributed by atoms with Crippen LogP contribution in [-0.2, 0) is 19.3 Å². The predicted octanol–water partition coefficient (Wildman–Crippen LogP) is 3.03. The van der Waals surface area contributed by atoms with Gasteiger partial charge in [-0.3, -0.25) is 0 Å². The van der Waals surface area contributed by atoms with Crippen LogP contribution in [0.4, 0.5) is 4.39 Å². The average molecular weight is 275 g/mol. The number of hydrogen-bond acceptors (Lipinski definition) is 2. The van der Waals surface area contributed by atoms with E-state index < -0.39 is 0 Å². The largest absolute Gasteiger partial charge is 0.328 e. The Morgan fingerprint density at radius 1 is 1.30 bits per heavy atom. The first-order valence-electron chi connectivity index (χ1n) is 7.17. The third kappa shape index (κ3) is 2.90. The van der Waals surface area contributed by atoms with Gasteiger partial charge in [-0.05, 0) is 43.9 Å². The van der Waals surface area contributed by atoms with E-state index in [1.807, 2.05) is 19.1 Å². The third-order valence-corrected chi connectivity index (χ3v) is 3.38. The number of hydrogen-bond donors (Lipinski definition) is 1. The van der Waals surface area contributed by atoms with Crippen LogP contribution in [0.1, 0.15) is 37.7 Å². The molecule has 1 unspecified atom stereocenters. The average Bonchev–Trinajstić information content (AvgIpc) is 2.81. The summed E-state index contributed by atoms with van der Waals surface area (Å²) in [5.74, 6) is -0.247. The van der Waals surface area contributed by atoms with Crippen LogP contribution in [0, 0.1) is 5.82 Å². The number of aromatic nitrogens is 2. The maximum absolute atomic E-state index is 14.3. The van der Waals surface area contributed by atoms with E-state index in [2.05, 4.69) is 18.9 Å². The van der Waals surface area contributed by atoms with Crippen molar-refractivity contribution in [3.8, 4) is 5.69 Å². The van der Waals surface area contributed by atoms with E-state index in [4.69, 9.17) is 5.73 Å². The highest BCUT2D eigenvalue weighted by Gasteiger charge is 2.16. The lowest BCUT2D eigenvalue weighted by Crippen LogP contribution is -2.20. The van der Waals surface area contributed by atoms with E-state index in [9.17, 15) is 4.39 Å². The van der Waals surface area contributed by atoms with Crippen LogP contribution >= 0.6 is 0 Å². The summed E-state index contributed by atoms with van der Waals surface area (Å²) in [7, 11) is 0. The number of para-hydroxylation sites is 1. The van der Waals surface area contributed by atoms with Gasteiger partial charge in [0.1, 0.15) is 11.5 Å². The van der Waals surface area contributed by atoms with Crippen LogP contribution in [0.2, 0.25) is 0 Å². The molecule has 2 rings (SSSR count). The summed E-state index contributed by atoms with van der Waals surface area (Å²) in [4.78, 5) is 0. The first-order valence-corrected chi connectivity index (χ1v) is 7.17. The number of nitrogens with zero attached hydrogens (tertiary/aromatic N) is 2. The molecule has 20 heavy (non-hydrogen) atoms. The topological polar surface area (TPSA) is 43.8 Å². The van der Waals surface area contributed by atoms with Crippen LogP contribution in [0.3, 0.4) is 0 Å². The molecule has 1 heterocycles. The Morgan fingerprint density at radius 3 is 2.65 bits per heavy atom. The fourth-order valence-corrected chi connectivity index (χ4v) is 2.40. The Hall–Kier alpha value is -1.68. The zero-order chi connectivity index (χ0) is 14.7. The molecule has 0 amide bonds. The van der Waals surface area contributed by atoms with Crippen molar-refractivity contribution >= 4 is 0 Å². The summed E-state index contributed by atoms with van der Waals surface area (Å²) in [6.07, 6.45) is 2.30. The molecule has 1 atom stereocenters. The van der Waals surface area contributed by atoms with Gasteiger partial charge in [0.25, 0.3) is 0 Å². The highest BCUT2D eigenvalue weighted by atomic mass is 19.1. The van der Waals surface area contributed by atoms with Gasteiger partial charge in [0, 0.05) is 11.7 Å². The van der Waals surface area contributed by atoms with Crippen molar-refractivity contribution in [3.63, 3.8) is 0 Å². The van der Waals surface area contributed by atoms with E-state index >= 15 is 0 Å². The van der Waals surface area contributed by atoms with E-state index in [0.717, 1.165) is 29.8 Å². The van der Waals surface area contributed by atoms with Gasteiger partial charge < -0.3 is 5.73 Å². The van der Waals surface area contributed by atoms with Gasteiger partial charge in [0.05, 0.1) is 5.69 Å². The molecule has 0 spiro atoms. The molecule has 0 aliphatic heterocycles. The standard InChI is InChI=1S/C16H22FN3/c1-4-13-10-14(5-2)20(19-13)16-12(9-11(3)18)7-6-8-15(16)17/h6-8,10-11H,4-5,9,18H2,1-3H3. The molecule has 0 fully saturated rings. The van der Waals surface area contributed by atoms with Crippen molar-refractivity contribution in [3.05, 3.63) is 47.0 Å². The van der Waals surface area contributed by atoms with Crippen molar-refractivity contribution in [1.29, 1.82) is 0 Å². The number of rotatable bonds is 5. The molecule has 0 aliphatic rings. The van der Waals surface area contributed by atoms with Gasteiger partial charge in [0.15, 0.2) is 0 Å². The number of nitrogens with two attached hydrogens (primary N) is 1. The summed E-state index contributed by atoms with van der Waals surface area (Å²) in [5, 5.41) is 4.53. The molecular weight excluding hydrogens is 253 g/mol. The summed E-state index contributed by atoms with van der Waals surface area (Å²) in [6, 6.07) is 7.16. The molecule has 2 aromatic rings. The van der Waals surface area contributed by atoms with Crippen LogP contribution in [0.25, 0.3) is 5.69 Å². The van der Waals surface area contributed by atoms with Crippen LogP contribution in [0.5, 0.6) is 0 Å². The lowest BCUT2D eigenvalue weighted by atomic mass is 10.0. The normalized spacial score (nSPS) is 12.7. The number of benzene rings is 1. The van der Waals surface area contributed by atoms with E-state index in [1.165, 1.54) is 6.07 Å². The third-order valence-electron chi connectivity index (χ3n) is 3.38. The summed E-state index contributed by atoms with van der Waals surface area (Å²) in [5.41, 5.74) is 9.33. The Kier molecular flexibility index (Phi) is 4.55. The second kappa shape index (κ2) is 6.18. The van der Waals surface area contributed by atoms with Gasteiger partial charge in [-0.25, -0.2) is 9.07 Å². The van der Waals surface area contributed by atoms with E-state index in [1.54, 1.807) is 10.7 Å². The van der Waals surface area contributed by atoms with Gasteiger partial charge in [-0.2, -0.15) is 5.10 Å². The van der Waals surface area contributed by atoms with Crippen LogP contribution in [-0.4, -0.2) is 15.8 Å². The highest BCUT2D eigenvalue weighted by molar-refractivity contribution is 5.44. The maximum Gasteiger partial charge on any atom is 0.149 e. The molecule has 0 bridgehead atoms. The van der Waals surface area contributed by atoms with Crippen molar-refractivity contribution in [2.45, 2.75) is 46.1 Å². The summed E-state index contributed by atoms with van der Waals surface area (Å²) in [6.45, 7) is 6.03. The molecular formula is C16H22FN3. The molecule has 0 saturated carbocycles. The quantitative estimate of drug-likeness (QED) is 0.911. The lowest BCUT2D eigenvalue weighted by Gasteiger charge is -2.14. The Labute approximate surface area is 119 Å². The molecule has 1 aromatic carbocycles. The van der Waals surface area contributed by atoms with E-state index in [0.29, 0.717) is 12.1 Å². The second-order valence-corrected chi connectivity index (χ2v) is 5.17. The molecule has 3 nitrogen and oxygen atoms in total. The molecule has 0 radical (unpaired) electrons. The first kappa shape index (κ1) is 14.7. The van der Waals surface area contributed by atoms with E-state index in [-0.39, 0.29) is 11.9 Å². The minimum Gasteiger partial charge on any atom is -0.328 e. The molecule has 1 aromatic heterocycles. The Morgan fingerprint density at radius 2 is 2.05 bits per heavy atom. The fraction of sp³-hybridized carbons (Fsp3) is 0.438. The summed E-state index contributed by atoms with van der Waals surface area (Å²) >= 11 is 0. The SMILES string of the molecule is CCc1cc(CC)n(-c2c(F)cccc2CC(C)N)n1. The molecule has 0 saturated heterocycles. The monoisotopic (exact) mass is 275 g/mol. The number of halogens is 1. The van der Waals surface area contributed by atoms with Crippen molar-refractivity contribution in [2.75, 3.05) is 0 Å². The number of aryl methyl sites for hydroxylation is 2. The van der Waals surface area contributed by atoms with Crippen molar-refractivity contribution < 1.29 is 4.39 Å². The van der Waals surface area contributed by atoms with Gasteiger partial charge in [-0.15, -0.1) is 0 Å². The van der Waals surface area contributed by atoms with Gasteiger partial charge in [-0.1, -0.05) is 26.0 Å².